The Morgan fingerprint density at radius 1 is 0.644 bits per heavy atom. The fraction of sp³-hybridized carbons (Fsp3) is 0.171. The number of phenolic OH excluding ortho intramolecular Hbond substituents is 2. The van der Waals surface area contributed by atoms with Crippen LogP contribution in [0, 0.1) is 92.7 Å². The third-order valence-electron chi connectivity index (χ3n) is 6.34. The van der Waals surface area contributed by atoms with Crippen LogP contribution in [0.3, 0.4) is 0 Å². The SMILES string of the molecule is CBr.CC1(C)COB(c2ccc(-c3cccs3)s2)OC1.Oc1ccc2ccccc2c1.Oc1ccc2ccccc2c1.[CH3-].[Th].[Th]. The van der Waals surface area contributed by atoms with Crippen molar-refractivity contribution in [3.05, 3.63) is 122 Å². The van der Waals surface area contributed by atoms with Crippen LogP contribution in [0.25, 0.3) is 31.3 Å². The average molecular weight is 1140 g/mol. The number of aromatic hydroxyl groups is 2. The molecule has 0 atom stereocenters. The molecule has 6 aromatic rings. The van der Waals surface area contributed by atoms with Gasteiger partial charge >= 0.3 is 7.12 Å². The zero-order valence-electron chi connectivity index (χ0n) is 25.9. The topological polar surface area (TPSA) is 58.9 Å². The standard InChI is InChI=1S/C13H15BO2S2.2C10H8O.CH3Br.CH3.2Th/c1-13(2)8-15-14(16-9-13)12-6-5-11(18-12)10-4-3-7-17-10;2*11-10-6-5-8-3-1-2-4-9(8)7-10;1-2;;;/h3-7H,8-9H2,1-2H3;2*1-7,11H;1H3;1H3;;/q;;;;-1;;. The molecule has 0 unspecified atom stereocenters. The van der Waals surface area contributed by atoms with Crippen LogP contribution >= 0.6 is 38.6 Å². The van der Waals surface area contributed by atoms with Gasteiger partial charge in [-0.25, -0.2) is 0 Å². The second-order valence-corrected chi connectivity index (χ2v) is 12.4. The molecule has 1 aliphatic heterocycles. The van der Waals surface area contributed by atoms with Gasteiger partial charge in [0.2, 0.25) is 0 Å². The summed E-state index contributed by atoms with van der Waals surface area (Å²) >= 11 is 6.46. The van der Waals surface area contributed by atoms with Crippen molar-refractivity contribution in [2.75, 3.05) is 19.0 Å². The van der Waals surface area contributed by atoms with Crippen LogP contribution in [0.4, 0.5) is 0 Å². The number of fused-ring (bicyclic) bond motifs is 2. The summed E-state index contributed by atoms with van der Waals surface area (Å²) in [6, 6.07) is 35.1. The molecule has 1 aliphatic rings. The Labute approximate surface area is 348 Å². The minimum atomic E-state index is -0.184. The Bertz CT molecular complexity index is 1610. The molecule has 0 spiro atoms. The van der Waals surface area contributed by atoms with E-state index in [-0.39, 0.29) is 99.8 Å². The zero-order chi connectivity index (χ0) is 30.0. The van der Waals surface area contributed by atoms with E-state index in [9.17, 15) is 0 Å². The largest absolute Gasteiger partial charge is 0.508 e. The van der Waals surface area contributed by atoms with Gasteiger partial charge in [0, 0.05) is 113 Å². The first kappa shape index (κ1) is 42.5. The molecule has 7 rings (SSSR count). The Morgan fingerprint density at radius 3 is 1.60 bits per heavy atom. The first-order valence-electron chi connectivity index (χ1n) is 13.5. The predicted molar refractivity (Wildman–Crippen MR) is 191 cm³/mol. The molecule has 2 aromatic heterocycles. The van der Waals surface area contributed by atoms with Crippen molar-refractivity contribution >= 4 is 72.0 Å². The van der Waals surface area contributed by atoms with Crippen molar-refractivity contribution in [2.45, 2.75) is 13.8 Å². The van der Waals surface area contributed by atoms with Crippen molar-refractivity contribution in [1.29, 1.82) is 0 Å². The monoisotopic (exact) mass is 1140 g/mol. The van der Waals surface area contributed by atoms with Crippen LogP contribution in [0.5, 0.6) is 11.5 Å². The molecular formula is C35H37BBrO4S2Th2-. The van der Waals surface area contributed by atoms with Gasteiger partial charge in [0.1, 0.15) is 11.5 Å². The molecule has 0 amide bonds. The van der Waals surface area contributed by atoms with Crippen molar-refractivity contribution < 1.29 is 99.4 Å². The first-order valence-corrected chi connectivity index (χ1v) is 16.7. The minimum absolute atomic E-state index is 0. The Balaban J connectivity index is 0.000000331. The minimum Gasteiger partial charge on any atom is -0.508 e. The van der Waals surface area contributed by atoms with Gasteiger partial charge in [-0.3, -0.25) is 0 Å². The van der Waals surface area contributed by atoms with E-state index in [1.807, 2.05) is 66.5 Å². The molecule has 1 fully saturated rings. The van der Waals surface area contributed by atoms with Crippen LogP contribution in [-0.4, -0.2) is 36.4 Å². The van der Waals surface area contributed by atoms with E-state index in [4.69, 9.17) is 19.5 Å². The molecule has 10 heteroatoms. The van der Waals surface area contributed by atoms with Gasteiger partial charge < -0.3 is 26.9 Å². The van der Waals surface area contributed by atoms with Gasteiger partial charge in [-0.05, 0) is 69.2 Å². The van der Waals surface area contributed by atoms with Crippen LogP contribution in [0.15, 0.2) is 115 Å². The molecule has 232 valence electrons. The number of hydrogen-bond donors (Lipinski definition) is 2. The quantitative estimate of drug-likeness (QED) is 0.103. The van der Waals surface area contributed by atoms with Crippen LogP contribution in [0.2, 0.25) is 0 Å². The average Bonchev–Trinajstić information content (AvgIpc) is 3.72. The number of hydrogen-bond acceptors (Lipinski definition) is 6. The van der Waals surface area contributed by atoms with Gasteiger partial charge in [-0.15, -0.1) is 22.7 Å². The van der Waals surface area contributed by atoms with Crippen LogP contribution < -0.4 is 4.78 Å². The van der Waals surface area contributed by atoms with E-state index >= 15 is 0 Å². The fourth-order valence-corrected chi connectivity index (χ4v) is 6.08. The maximum absolute atomic E-state index is 9.13. The predicted octanol–water partition coefficient (Wildman–Crippen LogP) is 9.80. The van der Waals surface area contributed by atoms with Crippen molar-refractivity contribution in [1.82, 2.24) is 0 Å². The number of alkyl halides is 1. The van der Waals surface area contributed by atoms with E-state index in [1.165, 1.54) is 9.75 Å². The number of phenols is 2. The molecular weight excluding hydrogens is 1100 g/mol. The van der Waals surface area contributed by atoms with E-state index in [1.54, 1.807) is 46.9 Å². The van der Waals surface area contributed by atoms with Crippen molar-refractivity contribution in [2.24, 2.45) is 5.41 Å². The molecule has 4 aromatic carbocycles. The van der Waals surface area contributed by atoms with Gasteiger partial charge in [-0.2, -0.15) is 0 Å². The summed E-state index contributed by atoms with van der Waals surface area (Å²) in [4.78, 5) is 2.60. The van der Waals surface area contributed by atoms with Crippen LogP contribution in [-0.2, 0) is 9.31 Å². The molecule has 2 N–H and O–H groups in total. The second kappa shape index (κ2) is 21.5. The molecule has 0 radical (unpaired) electrons. The van der Waals surface area contributed by atoms with E-state index < -0.39 is 0 Å². The van der Waals surface area contributed by atoms with Gasteiger partial charge in [0.15, 0.2) is 0 Å². The summed E-state index contributed by atoms with van der Waals surface area (Å²) in [6.45, 7) is 5.83. The summed E-state index contributed by atoms with van der Waals surface area (Å²) in [5.74, 6) is 2.46. The molecule has 0 aliphatic carbocycles. The molecule has 4 nitrogen and oxygen atoms in total. The smallest absolute Gasteiger partial charge is 0.504 e. The summed E-state index contributed by atoms with van der Waals surface area (Å²) < 4.78 is 12.8. The van der Waals surface area contributed by atoms with Gasteiger partial charge in [0.05, 0.1) is 0 Å². The summed E-state index contributed by atoms with van der Waals surface area (Å²) in [6.07, 6.45) is 0. The number of thiophene rings is 2. The first-order chi connectivity index (χ1) is 20.4. The Morgan fingerprint density at radius 2 is 1.13 bits per heavy atom. The molecule has 45 heavy (non-hydrogen) atoms. The number of rotatable bonds is 2. The third-order valence-corrected chi connectivity index (χ3v) is 8.51. The molecule has 0 saturated carbocycles. The Kier molecular flexibility index (Phi) is 20.3. The van der Waals surface area contributed by atoms with Crippen molar-refractivity contribution in [3.8, 4) is 21.3 Å². The molecule has 1 saturated heterocycles. The number of benzene rings is 4. The summed E-state index contributed by atoms with van der Waals surface area (Å²) in [7, 11) is -0.184. The summed E-state index contributed by atoms with van der Waals surface area (Å²) in [5, 5.41) is 24.8. The van der Waals surface area contributed by atoms with E-state index in [2.05, 4.69) is 59.4 Å². The normalized spacial score (nSPS) is 12.8. The number of halogens is 1. The molecule has 0 bridgehead atoms. The molecule has 3 heterocycles. The van der Waals surface area contributed by atoms with E-state index in [0.29, 0.717) is 11.5 Å². The fourth-order valence-electron chi connectivity index (χ4n) is 4.24. The van der Waals surface area contributed by atoms with Crippen molar-refractivity contribution in [3.63, 3.8) is 0 Å². The zero-order valence-corrected chi connectivity index (χ0v) is 37.3. The van der Waals surface area contributed by atoms with Gasteiger partial charge in [-0.1, -0.05) is 103 Å². The Hall–Kier alpha value is -0.486. The maximum Gasteiger partial charge on any atom is 0.504 e. The second-order valence-electron chi connectivity index (χ2n) is 10.4. The summed E-state index contributed by atoms with van der Waals surface area (Å²) in [5.41, 5.74) is 0.129. The third kappa shape index (κ3) is 13.2. The van der Waals surface area contributed by atoms with Gasteiger partial charge in [0.25, 0.3) is 0 Å². The van der Waals surface area contributed by atoms with E-state index in [0.717, 1.165) is 39.5 Å². The maximum atomic E-state index is 9.13. The van der Waals surface area contributed by atoms with Crippen LogP contribution in [0.1, 0.15) is 13.8 Å².